The van der Waals surface area contributed by atoms with Gasteiger partial charge in [0.2, 0.25) is 0 Å². The van der Waals surface area contributed by atoms with Crippen LogP contribution in [-0.2, 0) is 0 Å². The average Bonchev–Trinajstić information content (AvgIpc) is 2.86. The average molecular weight is 255 g/mol. The molecule has 2 bridgehead atoms. The van der Waals surface area contributed by atoms with Crippen LogP contribution in [-0.4, -0.2) is 25.1 Å². The van der Waals surface area contributed by atoms with Crippen molar-refractivity contribution >= 4 is 11.8 Å². The molecule has 0 amide bonds. The number of rotatable bonds is 7. The van der Waals surface area contributed by atoms with Gasteiger partial charge in [0.25, 0.3) is 0 Å². The van der Waals surface area contributed by atoms with Gasteiger partial charge in [-0.3, -0.25) is 0 Å². The molecule has 0 aliphatic heterocycles. The fraction of sp³-hybridized carbons (Fsp3) is 1.00. The van der Waals surface area contributed by atoms with E-state index in [1.807, 2.05) is 11.8 Å². The van der Waals surface area contributed by atoms with E-state index in [0.717, 1.165) is 17.8 Å². The molecule has 2 aliphatic carbocycles. The van der Waals surface area contributed by atoms with E-state index in [0.29, 0.717) is 5.41 Å². The molecule has 100 valence electrons. The molecule has 0 heterocycles. The minimum absolute atomic E-state index is 0.667. The van der Waals surface area contributed by atoms with Crippen LogP contribution in [0.4, 0.5) is 0 Å². The molecule has 1 N–H and O–H groups in total. The molecule has 2 aliphatic rings. The smallest absolute Gasteiger partial charge is 0.00110 e. The summed E-state index contributed by atoms with van der Waals surface area (Å²) in [6.07, 6.45) is 9.79. The normalized spacial score (nSPS) is 36.0. The van der Waals surface area contributed by atoms with Crippen LogP contribution in [0.25, 0.3) is 0 Å². The highest BCUT2D eigenvalue weighted by Gasteiger charge is 2.49. The monoisotopic (exact) mass is 255 g/mol. The molecule has 2 saturated carbocycles. The first-order valence-corrected chi connectivity index (χ1v) is 8.75. The Kier molecular flexibility index (Phi) is 4.82. The fourth-order valence-corrected chi connectivity index (χ4v) is 4.69. The van der Waals surface area contributed by atoms with E-state index in [4.69, 9.17) is 0 Å². The van der Waals surface area contributed by atoms with Crippen molar-refractivity contribution < 1.29 is 0 Å². The van der Waals surface area contributed by atoms with Crippen molar-refractivity contribution in [3.05, 3.63) is 0 Å². The zero-order valence-electron chi connectivity index (χ0n) is 11.8. The molecule has 1 nitrogen and oxygen atoms in total. The molecule has 3 atom stereocenters. The number of fused-ring (bicyclic) bond motifs is 2. The lowest BCUT2D eigenvalue weighted by molar-refractivity contribution is 0.150. The van der Waals surface area contributed by atoms with Gasteiger partial charge >= 0.3 is 0 Å². The summed E-state index contributed by atoms with van der Waals surface area (Å²) in [4.78, 5) is 0. The molecule has 0 aromatic carbocycles. The van der Waals surface area contributed by atoms with Crippen molar-refractivity contribution in [3.63, 3.8) is 0 Å². The molecule has 3 unspecified atom stereocenters. The summed E-state index contributed by atoms with van der Waals surface area (Å²) in [7, 11) is 0. The molecular formula is C15H29NS. The largest absolute Gasteiger partial charge is 0.316 e. The summed E-state index contributed by atoms with van der Waals surface area (Å²) < 4.78 is 0. The molecule has 0 aromatic heterocycles. The highest BCUT2D eigenvalue weighted by atomic mass is 32.2. The van der Waals surface area contributed by atoms with Gasteiger partial charge < -0.3 is 5.32 Å². The lowest BCUT2D eigenvalue weighted by atomic mass is 9.71. The standard InChI is InChI=1S/C15H29NS/c1-12(2)10-16-11-15(6-7-17-3)9-13-4-5-14(15)8-13/h12-14,16H,4-11H2,1-3H3. The second-order valence-electron chi connectivity index (χ2n) is 6.71. The first-order chi connectivity index (χ1) is 8.16. The van der Waals surface area contributed by atoms with E-state index in [1.165, 1.54) is 50.9 Å². The molecule has 2 rings (SSSR count). The number of nitrogens with one attached hydrogen (secondary N) is 1. The third-order valence-corrected chi connectivity index (χ3v) is 5.55. The Morgan fingerprint density at radius 3 is 2.71 bits per heavy atom. The van der Waals surface area contributed by atoms with Gasteiger partial charge in [0, 0.05) is 6.54 Å². The van der Waals surface area contributed by atoms with Gasteiger partial charge in [0.15, 0.2) is 0 Å². The van der Waals surface area contributed by atoms with Crippen LogP contribution in [0.2, 0.25) is 0 Å². The van der Waals surface area contributed by atoms with Crippen molar-refractivity contribution in [2.75, 3.05) is 25.1 Å². The van der Waals surface area contributed by atoms with Crippen LogP contribution >= 0.6 is 11.8 Å². The molecule has 2 heteroatoms. The van der Waals surface area contributed by atoms with E-state index in [-0.39, 0.29) is 0 Å². The summed E-state index contributed by atoms with van der Waals surface area (Å²) in [5.41, 5.74) is 0.667. The zero-order valence-corrected chi connectivity index (χ0v) is 12.6. The summed E-state index contributed by atoms with van der Waals surface area (Å²) in [5.74, 6) is 4.25. The van der Waals surface area contributed by atoms with Gasteiger partial charge in [-0.2, -0.15) is 11.8 Å². The van der Waals surface area contributed by atoms with Gasteiger partial charge in [0.05, 0.1) is 0 Å². The van der Waals surface area contributed by atoms with Crippen molar-refractivity contribution in [3.8, 4) is 0 Å². The van der Waals surface area contributed by atoms with Crippen LogP contribution < -0.4 is 5.32 Å². The fourth-order valence-electron chi connectivity index (χ4n) is 4.08. The molecular weight excluding hydrogens is 226 g/mol. The van der Waals surface area contributed by atoms with Gasteiger partial charge in [-0.15, -0.1) is 0 Å². The summed E-state index contributed by atoms with van der Waals surface area (Å²) in [5, 5.41) is 3.75. The van der Waals surface area contributed by atoms with Crippen LogP contribution in [0, 0.1) is 23.2 Å². The second-order valence-corrected chi connectivity index (χ2v) is 7.70. The van der Waals surface area contributed by atoms with Crippen LogP contribution in [0.15, 0.2) is 0 Å². The number of hydrogen-bond acceptors (Lipinski definition) is 2. The van der Waals surface area contributed by atoms with E-state index in [2.05, 4.69) is 25.4 Å². The lowest BCUT2D eigenvalue weighted by Crippen LogP contribution is -2.40. The third-order valence-electron chi connectivity index (χ3n) is 4.94. The van der Waals surface area contributed by atoms with Crippen molar-refractivity contribution in [2.24, 2.45) is 23.2 Å². The molecule has 2 fully saturated rings. The van der Waals surface area contributed by atoms with Crippen LogP contribution in [0.5, 0.6) is 0 Å². The number of hydrogen-bond donors (Lipinski definition) is 1. The minimum atomic E-state index is 0.667. The van der Waals surface area contributed by atoms with Gasteiger partial charge in [-0.25, -0.2) is 0 Å². The maximum absolute atomic E-state index is 3.75. The van der Waals surface area contributed by atoms with Gasteiger partial charge in [0.1, 0.15) is 0 Å². The second kappa shape index (κ2) is 5.97. The minimum Gasteiger partial charge on any atom is -0.316 e. The Morgan fingerprint density at radius 1 is 1.35 bits per heavy atom. The molecule has 17 heavy (non-hydrogen) atoms. The van der Waals surface area contributed by atoms with Crippen molar-refractivity contribution in [1.82, 2.24) is 5.32 Å². The summed E-state index contributed by atoms with van der Waals surface area (Å²) >= 11 is 2.03. The molecule has 0 radical (unpaired) electrons. The van der Waals surface area contributed by atoms with E-state index >= 15 is 0 Å². The maximum Gasteiger partial charge on any atom is 0.00110 e. The third kappa shape index (κ3) is 3.20. The highest BCUT2D eigenvalue weighted by molar-refractivity contribution is 7.98. The predicted molar refractivity (Wildman–Crippen MR) is 78.6 cm³/mol. The first kappa shape index (κ1) is 13.7. The number of thioether (sulfide) groups is 1. The predicted octanol–water partition coefficient (Wildman–Crippen LogP) is 3.79. The van der Waals surface area contributed by atoms with Crippen molar-refractivity contribution in [2.45, 2.75) is 46.0 Å². The molecule has 0 spiro atoms. The Hall–Kier alpha value is 0.310. The van der Waals surface area contributed by atoms with E-state index in [9.17, 15) is 0 Å². The topological polar surface area (TPSA) is 12.0 Å². The van der Waals surface area contributed by atoms with Crippen molar-refractivity contribution in [1.29, 1.82) is 0 Å². The van der Waals surface area contributed by atoms with Crippen LogP contribution in [0.1, 0.15) is 46.0 Å². The van der Waals surface area contributed by atoms with Crippen LogP contribution in [0.3, 0.4) is 0 Å². The Bertz CT molecular complexity index is 241. The molecule has 0 aromatic rings. The summed E-state index contributed by atoms with van der Waals surface area (Å²) in [6.45, 7) is 7.09. The Morgan fingerprint density at radius 2 is 2.18 bits per heavy atom. The SMILES string of the molecule is CSCCC1(CNCC(C)C)CC2CCC1C2. The zero-order chi connectivity index (χ0) is 12.3. The van der Waals surface area contributed by atoms with Gasteiger partial charge in [-0.05, 0) is 67.4 Å². The highest BCUT2D eigenvalue weighted by Crippen LogP contribution is 2.57. The quantitative estimate of drug-likeness (QED) is 0.743. The Balaban J connectivity index is 1.89. The first-order valence-electron chi connectivity index (χ1n) is 7.36. The maximum atomic E-state index is 3.75. The van der Waals surface area contributed by atoms with E-state index < -0.39 is 0 Å². The summed E-state index contributed by atoms with van der Waals surface area (Å²) in [6, 6.07) is 0. The van der Waals surface area contributed by atoms with Gasteiger partial charge in [-0.1, -0.05) is 20.3 Å². The molecule has 0 saturated heterocycles. The Labute approximate surface area is 112 Å². The van der Waals surface area contributed by atoms with E-state index in [1.54, 1.807) is 0 Å². The lowest BCUT2D eigenvalue weighted by Gasteiger charge is -2.38.